The van der Waals surface area contributed by atoms with Crippen LogP contribution in [0.25, 0.3) is 0 Å². The van der Waals surface area contributed by atoms with Gasteiger partial charge in [0.15, 0.2) is 22.8 Å². The quantitative estimate of drug-likeness (QED) is 0.471. The van der Waals surface area contributed by atoms with E-state index >= 15 is 0 Å². The van der Waals surface area contributed by atoms with Crippen LogP contribution < -0.4 is 0 Å². The molecule has 5 rings (SSSR count). The van der Waals surface area contributed by atoms with E-state index in [9.17, 15) is 19.2 Å². The SMILES string of the molecule is CCOC(=O)C1C=C2OC3OC4(CCCCC4)OC3C2C2C(=O)C=CC(=O)C12C(=O)OC. The molecule has 172 valence electrons. The van der Waals surface area contributed by atoms with Crippen LogP contribution >= 0.6 is 0 Å². The Hall–Kier alpha value is -2.52. The highest BCUT2D eigenvalue weighted by Gasteiger charge is 2.72. The number of allylic oxidation sites excluding steroid dienone is 2. The molecule has 0 radical (unpaired) electrons. The Balaban J connectivity index is 1.63. The highest BCUT2D eigenvalue weighted by molar-refractivity contribution is 6.21. The predicted molar refractivity (Wildman–Crippen MR) is 105 cm³/mol. The van der Waals surface area contributed by atoms with Crippen molar-refractivity contribution in [3.05, 3.63) is 24.0 Å². The van der Waals surface area contributed by atoms with E-state index in [4.69, 9.17) is 23.7 Å². The topological polar surface area (TPSA) is 114 Å². The molecule has 9 nitrogen and oxygen atoms in total. The molecule has 0 aromatic rings. The van der Waals surface area contributed by atoms with Crippen LogP contribution in [0.5, 0.6) is 0 Å². The number of fused-ring (bicyclic) bond motifs is 5. The van der Waals surface area contributed by atoms with E-state index in [2.05, 4.69) is 0 Å². The Morgan fingerprint density at radius 3 is 2.56 bits per heavy atom. The molecule has 2 heterocycles. The smallest absolute Gasteiger partial charge is 0.321 e. The number of hydrogen-bond donors (Lipinski definition) is 0. The Bertz CT molecular complexity index is 928. The van der Waals surface area contributed by atoms with Gasteiger partial charge >= 0.3 is 11.9 Å². The summed E-state index contributed by atoms with van der Waals surface area (Å²) in [7, 11) is 1.13. The minimum Gasteiger partial charge on any atom is -0.468 e. The summed E-state index contributed by atoms with van der Waals surface area (Å²) in [5, 5.41) is 0. The number of ketones is 2. The molecular weight excluding hydrogens is 420 g/mol. The normalized spacial score (nSPS) is 38.9. The van der Waals surface area contributed by atoms with E-state index in [0.717, 1.165) is 38.5 Å². The minimum atomic E-state index is -2.08. The zero-order valence-corrected chi connectivity index (χ0v) is 18.0. The Morgan fingerprint density at radius 1 is 1.12 bits per heavy atom. The maximum Gasteiger partial charge on any atom is 0.321 e. The van der Waals surface area contributed by atoms with Gasteiger partial charge in [0, 0.05) is 12.8 Å². The van der Waals surface area contributed by atoms with Crippen LogP contribution in [-0.2, 0) is 42.9 Å². The van der Waals surface area contributed by atoms with E-state index in [1.165, 1.54) is 6.08 Å². The summed E-state index contributed by atoms with van der Waals surface area (Å²) in [6.07, 6.45) is 6.56. The molecule has 1 saturated carbocycles. The molecule has 3 fully saturated rings. The van der Waals surface area contributed by atoms with Crippen LogP contribution in [0, 0.1) is 23.2 Å². The molecule has 0 amide bonds. The van der Waals surface area contributed by atoms with Crippen molar-refractivity contribution in [1.29, 1.82) is 0 Å². The lowest BCUT2D eigenvalue weighted by molar-refractivity contribution is -0.228. The zero-order chi connectivity index (χ0) is 22.7. The molecule has 6 atom stereocenters. The van der Waals surface area contributed by atoms with Crippen LogP contribution in [0.4, 0.5) is 0 Å². The second-order valence-electron chi connectivity index (χ2n) is 8.92. The third-order valence-electron chi connectivity index (χ3n) is 7.35. The number of methoxy groups -OCH3 is 1. The highest BCUT2D eigenvalue weighted by Crippen LogP contribution is 2.59. The van der Waals surface area contributed by atoms with Crippen LogP contribution in [-0.4, -0.2) is 55.4 Å². The van der Waals surface area contributed by atoms with Crippen LogP contribution in [0.1, 0.15) is 39.0 Å². The molecule has 0 aromatic heterocycles. The maximum atomic E-state index is 13.3. The van der Waals surface area contributed by atoms with Gasteiger partial charge in [-0.1, -0.05) is 6.42 Å². The fraction of sp³-hybridized carbons (Fsp3) is 0.652. The lowest BCUT2D eigenvalue weighted by atomic mass is 9.53. The van der Waals surface area contributed by atoms with Crippen molar-refractivity contribution in [1.82, 2.24) is 0 Å². The van der Waals surface area contributed by atoms with Crippen molar-refractivity contribution in [3.63, 3.8) is 0 Å². The first-order valence-corrected chi connectivity index (χ1v) is 11.1. The van der Waals surface area contributed by atoms with Crippen LogP contribution in [0.2, 0.25) is 0 Å². The minimum absolute atomic E-state index is 0.0443. The molecule has 6 unspecified atom stereocenters. The zero-order valence-electron chi connectivity index (χ0n) is 18.0. The van der Waals surface area contributed by atoms with Gasteiger partial charge in [-0.15, -0.1) is 0 Å². The molecule has 2 aliphatic heterocycles. The maximum absolute atomic E-state index is 13.3. The third-order valence-corrected chi connectivity index (χ3v) is 7.35. The van der Waals surface area contributed by atoms with Crippen molar-refractivity contribution in [2.75, 3.05) is 13.7 Å². The summed E-state index contributed by atoms with van der Waals surface area (Å²) in [5.41, 5.74) is -2.08. The third kappa shape index (κ3) is 2.76. The summed E-state index contributed by atoms with van der Waals surface area (Å²) in [5.74, 6) is -6.70. The van der Waals surface area contributed by atoms with Gasteiger partial charge in [0.2, 0.25) is 6.29 Å². The van der Waals surface area contributed by atoms with Gasteiger partial charge in [-0.25, -0.2) is 0 Å². The van der Waals surface area contributed by atoms with E-state index < -0.39 is 64.9 Å². The molecule has 9 heteroatoms. The lowest BCUT2D eigenvalue weighted by Crippen LogP contribution is -2.62. The fourth-order valence-corrected chi connectivity index (χ4v) is 6.04. The average molecular weight is 446 g/mol. The Labute approximate surface area is 185 Å². The molecule has 1 spiro atoms. The first-order valence-electron chi connectivity index (χ1n) is 11.1. The van der Waals surface area contributed by atoms with Crippen LogP contribution in [0.15, 0.2) is 24.0 Å². The summed E-state index contributed by atoms with van der Waals surface area (Å²) in [6, 6.07) is 0. The molecule has 0 N–H and O–H groups in total. The van der Waals surface area contributed by atoms with Crippen molar-refractivity contribution in [3.8, 4) is 0 Å². The second kappa shape index (κ2) is 7.52. The Morgan fingerprint density at radius 2 is 1.88 bits per heavy atom. The summed E-state index contributed by atoms with van der Waals surface area (Å²) < 4.78 is 28.8. The number of ether oxygens (including phenoxy) is 5. The van der Waals surface area contributed by atoms with Gasteiger partial charge in [-0.3, -0.25) is 19.2 Å². The van der Waals surface area contributed by atoms with Gasteiger partial charge in [0.05, 0.1) is 25.6 Å². The van der Waals surface area contributed by atoms with Gasteiger partial charge in [-0.05, 0) is 38.0 Å². The monoisotopic (exact) mass is 446 g/mol. The average Bonchev–Trinajstić information content (AvgIpc) is 3.28. The fourth-order valence-electron chi connectivity index (χ4n) is 6.04. The van der Waals surface area contributed by atoms with Crippen molar-refractivity contribution in [2.24, 2.45) is 23.2 Å². The first kappa shape index (κ1) is 21.3. The largest absolute Gasteiger partial charge is 0.468 e. The summed E-state index contributed by atoms with van der Waals surface area (Å²) >= 11 is 0. The molecule has 5 aliphatic rings. The van der Waals surface area contributed by atoms with Crippen molar-refractivity contribution in [2.45, 2.75) is 57.2 Å². The van der Waals surface area contributed by atoms with E-state index in [-0.39, 0.29) is 6.61 Å². The standard InChI is InChI=1S/C23H26O9/c1-3-29-19(26)12-11-14-16(17-13(24)7-8-15(25)23(12,17)21(27)28-2)18-20(30-14)32-22(31-18)9-5-4-6-10-22/h7-8,11-12,16-18,20H,3-6,9-10H2,1-2H3. The van der Waals surface area contributed by atoms with E-state index in [0.29, 0.717) is 18.6 Å². The van der Waals surface area contributed by atoms with Crippen LogP contribution in [0.3, 0.4) is 0 Å². The van der Waals surface area contributed by atoms with Crippen molar-refractivity contribution < 1.29 is 42.9 Å². The van der Waals surface area contributed by atoms with Crippen molar-refractivity contribution >= 4 is 23.5 Å². The number of rotatable bonds is 3. The number of carbonyl (C=O) groups is 4. The molecule has 2 saturated heterocycles. The predicted octanol–water partition coefficient (Wildman–Crippen LogP) is 1.60. The summed E-state index contributed by atoms with van der Waals surface area (Å²) in [6.45, 7) is 1.66. The molecular formula is C23H26O9. The number of hydrogen-bond acceptors (Lipinski definition) is 9. The van der Waals surface area contributed by atoms with Gasteiger partial charge < -0.3 is 23.7 Å². The lowest BCUT2D eigenvalue weighted by Gasteiger charge is -2.46. The van der Waals surface area contributed by atoms with E-state index in [1.807, 2.05) is 0 Å². The first-order chi connectivity index (χ1) is 15.4. The molecule has 3 aliphatic carbocycles. The molecule has 0 bridgehead atoms. The highest BCUT2D eigenvalue weighted by atomic mass is 16.8. The van der Waals surface area contributed by atoms with Gasteiger partial charge in [0.1, 0.15) is 17.8 Å². The summed E-state index contributed by atoms with van der Waals surface area (Å²) in [4.78, 5) is 52.7. The number of esters is 2. The second-order valence-corrected chi connectivity index (χ2v) is 8.92. The molecule has 0 aromatic carbocycles. The Kier molecular flexibility index (Phi) is 5.01. The molecule has 32 heavy (non-hydrogen) atoms. The van der Waals surface area contributed by atoms with Gasteiger partial charge in [-0.2, -0.15) is 0 Å². The van der Waals surface area contributed by atoms with E-state index in [1.54, 1.807) is 6.92 Å². The number of carbonyl (C=O) groups excluding carboxylic acids is 4. The van der Waals surface area contributed by atoms with Gasteiger partial charge in [0.25, 0.3) is 0 Å².